The van der Waals surface area contributed by atoms with E-state index in [-0.39, 0.29) is 34.1 Å². The van der Waals surface area contributed by atoms with Crippen LogP contribution in [0.15, 0.2) is 30.3 Å². The summed E-state index contributed by atoms with van der Waals surface area (Å²) in [6.45, 7) is 2.02. The molecule has 0 fully saturated rings. The number of carbonyl (C=O) groups is 1. The van der Waals surface area contributed by atoms with Gasteiger partial charge in [0.2, 0.25) is 0 Å². The van der Waals surface area contributed by atoms with E-state index in [1.54, 1.807) is 18.2 Å². The molecule has 0 heterocycles. The Hall–Kier alpha value is -1.70. The number of halogens is 3. The van der Waals surface area contributed by atoms with Crippen LogP contribution in [-0.2, 0) is 11.2 Å². The predicted octanol–water partition coefficient (Wildman–Crippen LogP) is 4.10. The second-order valence-corrected chi connectivity index (χ2v) is 7.46. The number of phenolic OH excluding ortho intramolecular Hbond substituents is 1. The van der Waals surface area contributed by atoms with E-state index < -0.39 is 12.1 Å². The first-order chi connectivity index (χ1) is 13.2. The van der Waals surface area contributed by atoms with Crippen molar-refractivity contribution in [3.8, 4) is 5.75 Å². The van der Waals surface area contributed by atoms with Crippen LogP contribution in [0, 0.1) is 0 Å². The number of benzene rings is 2. The summed E-state index contributed by atoms with van der Waals surface area (Å²) in [7, 11) is 0. The van der Waals surface area contributed by atoms with Crippen molar-refractivity contribution in [3.63, 3.8) is 0 Å². The minimum absolute atomic E-state index is 0.140. The second kappa shape index (κ2) is 10.2. The molecule has 2 aromatic rings. The lowest BCUT2D eigenvalue weighted by atomic mass is 10.0. The first kappa shape index (κ1) is 22.6. The smallest absolute Gasteiger partial charge is 0.322 e. The van der Waals surface area contributed by atoms with Crippen LogP contribution in [0.3, 0.4) is 0 Å². The van der Waals surface area contributed by atoms with E-state index in [1.165, 1.54) is 12.1 Å². The maximum Gasteiger partial charge on any atom is 0.322 e. The molecule has 0 aliphatic rings. The third kappa shape index (κ3) is 5.90. The van der Waals surface area contributed by atoms with E-state index in [0.29, 0.717) is 29.1 Å². The van der Waals surface area contributed by atoms with Gasteiger partial charge in [-0.2, -0.15) is 0 Å². The van der Waals surface area contributed by atoms with Crippen molar-refractivity contribution >= 4 is 46.5 Å². The van der Waals surface area contributed by atoms with Gasteiger partial charge in [-0.15, -0.1) is 0 Å². The lowest BCUT2D eigenvalue weighted by molar-refractivity contribution is -0.134. The van der Waals surface area contributed by atoms with E-state index in [4.69, 9.17) is 39.9 Å². The van der Waals surface area contributed by atoms with Crippen molar-refractivity contribution < 1.29 is 20.1 Å². The number of hydrogen-bond acceptors (Lipinski definition) is 5. The molecule has 2 aromatic carbocycles. The monoisotopic (exact) mass is 446 g/mol. The van der Waals surface area contributed by atoms with Crippen molar-refractivity contribution in [2.45, 2.75) is 25.5 Å². The minimum atomic E-state index is -1.04. The van der Waals surface area contributed by atoms with Gasteiger partial charge in [-0.1, -0.05) is 46.9 Å². The Morgan fingerprint density at radius 2 is 1.79 bits per heavy atom. The van der Waals surface area contributed by atoms with Crippen LogP contribution < -0.4 is 10.6 Å². The molecule has 28 heavy (non-hydrogen) atoms. The largest absolute Gasteiger partial charge is 0.508 e. The zero-order valence-electron chi connectivity index (χ0n) is 15.0. The fourth-order valence-electron chi connectivity index (χ4n) is 2.66. The molecule has 5 N–H and O–H groups in total. The van der Waals surface area contributed by atoms with E-state index in [2.05, 4.69) is 10.6 Å². The molecule has 2 rings (SSSR count). The number of aliphatic hydroxyl groups excluding tert-OH is 1. The van der Waals surface area contributed by atoms with E-state index >= 15 is 0 Å². The lowest BCUT2D eigenvalue weighted by Gasteiger charge is -2.21. The summed E-state index contributed by atoms with van der Waals surface area (Å²) in [5, 5.41) is 35.1. The van der Waals surface area contributed by atoms with Crippen LogP contribution in [0.2, 0.25) is 15.1 Å². The Balaban J connectivity index is 1.98. The second-order valence-electron chi connectivity index (χ2n) is 6.30. The molecule has 6 nitrogen and oxygen atoms in total. The molecule has 0 radical (unpaired) electrons. The Labute approximate surface area is 178 Å². The molecule has 0 aromatic heterocycles. The molecule has 0 aliphatic heterocycles. The third-order valence-corrected chi connectivity index (χ3v) is 5.42. The summed E-state index contributed by atoms with van der Waals surface area (Å²) < 4.78 is 0. The SMILES string of the molecule is C[C@H](NCCc1cc(Cl)c(NCC(=O)O)c(Cl)c1Cl)[C@@H](O)c1ccc(O)cc1. The summed E-state index contributed by atoms with van der Waals surface area (Å²) in [6, 6.07) is 7.77. The van der Waals surface area contributed by atoms with Crippen molar-refractivity contribution in [3.05, 3.63) is 56.5 Å². The number of aromatic hydroxyl groups is 1. The topological polar surface area (TPSA) is 102 Å². The number of hydrogen-bond donors (Lipinski definition) is 5. The number of aliphatic hydroxyl groups is 1. The molecule has 0 saturated heterocycles. The van der Waals surface area contributed by atoms with Crippen LogP contribution in [-0.4, -0.2) is 40.4 Å². The van der Waals surface area contributed by atoms with Gasteiger partial charge in [0.05, 0.1) is 26.9 Å². The summed E-state index contributed by atoms with van der Waals surface area (Å²) in [5.74, 6) is -0.904. The number of carboxylic acid groups (broad SMARTS) is 1. The molecule has 0 amide bonds. The average Bonchev–Trinajstić information content (AvgIpc) is 2.65. The van der Waals surface area contributed by atoms with E-state index in [1.807, 2.05) is 6.92 Å². The first-order valence-electron chi connectivity index (χ1n) is 8.53. The van der Waals surface area contributed by atoms with E-state index in [0.717, 1.165) is 0 Å². The number of carboxylic acids is 1. The number of rotatable bonds is 9. The summed E-state index contributed by atoms with van der Waals surface area (Å²) in [6.07, 6.45) is -0.241. The molecule has 0 bridgehead atoms. The number of aliphatic carboxylic acids is 1. The van der Waals surface area contributed by atoms with Crippen molar-refractivity contribution in [2.75, 3.05) is 18.4 Å². The van der Waals surface area contributed by atoms with Gasteiger partial charge >= 0.3 is 5.97 Å². The van der Waals surface area contributed by atoms with Gasteiger partial charge in [0.25, 0.3) is 0 Å². The molecular formula is C19H21Cl3N2O4. The van der Waals surface area contributed by atoms with Crippen LogP contribution in [0.1, 0.15) is 24.2 Å². The highest BCUT2D eigenvalue weighted by Gasteiger charge is 2.18. The quantitative estimate of drug-likeness (QED) is 0.371. The molecule has 152 valence electrons. The molecule has 9 heteroatoms. The van der Waals surface area contributed by atoms with Gasteiger partial charge in [0.15, 0.2) is 0 Å². The number of nitrogens with one attached hydrogen (secondary N) is 2. The lowest BCUT2D eigenvalue weighted by Crippen LogP contribution is -2.33. The normalized spacial score (nSPS) is 13.2. The van der Waals surface area contributed by atoms with Gasteiger partial charge in [-0.3, -0.25) is 4.79 Å². The van der Waals surface area contributed by atoms with Gasteiger partial charge in [-0.05, 0) is 49.2 Å². The Morgan fingerprint density at radius 1 is 1.14 bits per heavy atom. The zero-order chi connectivity index (χ0) is 20.8. The van der Waals surface area contributed by atoms with Crippen molar-refractivity contribution in [2.24, 2.45) is 0 Å². The Kier molecular flexibility index (Phi) is 8.22. The molecular weight excluding hydrogens is 427 g/mol. The van der Waals surface area contributed by atoms with E-state index in [9.17, 15) is 15.0 Å². The molecule has 2 atom stereocenters. The Bertz CT molecular complexity index is 831. The summed E-state index contributed by atoms with van der Waals surface area (Å²) in [5.41, 5.74) is 1.68. The van der Waals surface area contributed by atoms with Crippen LogP contribution in [0.5, 0.6) is 5.75 Å². The fraction of sp³-hybridized carbons (Fsp3) is 0.316. The van der Waals surface area contributed by atoms with Crippen LogP contribution in [0.25, 0.3) is 0 Å². The van der Waals surface area contributed by atoms with Gasteiger partial charge in [0.1, 0.15) is 12.3 Å². The summed E-state index contributed by atoms with van der Waals surface area (Å²) in [4.78, 5) is 10.7. The highest BCUT2D eigenvalue weighted by molar-refractivity contribution is 6.46. The minimum Gasteiger partial charge on any atom is -0.508 e. The first-order valence-corrected chi connectivity index (χ1v) is 9.66. The van der Waals surface area contributed by atoms with Gasteiger partial charge in [0, 0.05) is 6.04 Å². The van der Waals surface area contributed by atoms with Gasteiger partial charge < -0.3 is 26.0 Å². The fourth-order valence-corrected chi connectivity index (χ4v) is 3.53. The zero-order valence-corrected chi connectivity index (χ0v) is 17.3. The van der Waals surface area contributed by atoms with Crippen molar-refractivity contribution in [1.82, 2.24) is 5.32 Å². The molecule has 0 saturated carbocycles. The van der Waals surface area contributed by atoms with Gasteiger partial charge in [-0.25, -0.2) is 0 Å². The maximum absolute atomic E-state index is 10.7. The average molecular weight is 448 g/mol. The predicted molar refractivity (Wildman–Crippen MR) is 112 cm³/mol. The highest BCUT2D eigenvalue weighted by atomic mass is 35.5. The Morgan fingerprint density at radius 3 is 2.39 bits per heavy atom. The molecule has 0 spiro atoms. The number of phenols is 1. The number of anilines is 1. The third-order valence-electron chi connectivity index (χ3n) is 4.22. The highest BCUT2D eigenvalue weighted by Crippen LogP contribution is 2.39. The van der Waals surface area contributed by atoms with Crippen LogP contribution >= 0.6 is 34.8 Å². The molecule has 0 aliphatic carbocycles. The maximum atomic E-state index is 10.7. The standard InChI is InChI=1S/C19H21Cl3N2O4/c1-10(19(28)11-2-4-13(25)5-3-11)23-7-6-12-8-14(20)18(17(22)16(12)21)24-9-15(26)27/h2-5,8,10,19,23-25,28H,6-7,9H2,1H3,(H,26,27)/t10-,19+/m0/s1. The molecule has 0 unspecified atom stereocenters. The van der Waals surface area contributed by atoms with Crippen LogP contribution in [0.4, 0.5) is 5.69 Å². The van der Waals surface area contributed by atoms with Crippen molar-refractivity contribution in [1.29, 1.82) is 0 Å². The summed E-state index contributed by atoms with van der Waals surface area (Å²) >= 11 is 18.7.